The molecular formula is C51H48O6. The molecular weight excluding hydrogens is 709 g/mol. The molecule has 0 saturated heterocycles. The Labute approximate surface area is 335 Å². The van der Waals surface area contributed by atoms with Crippen LogP contribution >= 0.6 is 0 Å². The van der Waals surface area contributed by atoms with Gasteiger partial charge in [-0.15, -0.1) is 0 Å². The van der Waals surface area contributed by atoms with Gasteiger partial charge in [-0.1, -0.05) is 36.4 Å². The van der Waals surface area contributed by atoms with Crippen LogP contribution in [0.25, 0.3) is 0 Å². The van der Waals surface area contributed by atoms with Crippen molar-refractivity contribution < 1.29 is 28.4 Å². The van der Waals surface area contributed by atoms with Crippen LogP contribution in [0.4, 0.5) is 0 Å². The summed E-state index contributed by atoms with van der Waals surface area (Å²) in [6, 6.07) is 27.1. The summed E-state index contributed by atoms with van der Waals surface area (Å²) in [5, 5.41) is 0. The fraction of sp³-hybridized carbons (Fsp3) is 0.294. The van der Waals surface area contributed by atoms with Crippen molar-refractivity contribution in [2.75, 3.05) is 20.4 Å². The fourth-order valence-corrected chi connectivity index (χ4v) is 9.35. The van der Waals surface area contributed by atoms with E-state index in [0.29, 0.717) is 0 Å². The summed E-state index contributed by atoms with van der Waals surface area (Å²) < 4.78 is 39.2. The summed E-state index contributed by atoms with van der Waals surface area (Å²) in [4.78, 5) is 0. The topological polar surface area (TPSA) is 55.4 Å². The van der Waals surface area contributed by atoms with Crippen molar-refractivity contribution in [3.05, 3.63) is 173 Å². The average molecular weight is 757 g/mol. The van der Waals surface area contributed by atoms with Gasteiger partial charge in [0.1, 0.15) is 34.5 Å². The van der Waals surface area contributed by atoms with E-state index >= 15 is 0 Å². The second-order valence-electron chi connectivity index (χ2n) is 16.6. The van der Waals surface area contributed by atoms with E-state index in [-0.39, 0.29) is 20.4 Å². The maximum atomic E-state index is 6.53. The molecule has 0 radical (unpaired) electrons. The Hall–Kier alpha value is -5.88. The first kappa shape index (κ1) is 35.5. The van der Waals surface area contributed by atoms with Gasteiger partial charge in [0, 0.05) is 0 Å². The third-order valence-corrected chi connectivity index (χ3v) is 12.6. The summed E-state index contributed by atoms with van der Waals surface area (Å²) in [6.45, 7) is 13.1. The largest absolute Gasteiger partial charge is 0.457 e. The molecule has 0 saturated carbocycles. The molecule has 0 fully saturated rings. The lowest BCUT2D eigenvalue weighted by Crippen LogP contribution is -2.11. The number of benzene rings is 6. The summed E-state index contributed by atoms with van der Waals surface area (Å²) in [7, 11) is 0. The highest BCUT2D eigenvalue weighted by Crippen LogP contribution is 2.39. The van der Waals surface area contributed by atoms with E-state index in [4.69, 9.17) is 28.4 Å². The molecule has 6 aromatic rings. The minimum Gasteiger partial charge on any atom is -0.457 e. The first-order valence-electron chi connectivity index (χ1n) is 20.1. The van der Waals surface area contributed by atoms with Crippen LogP contribution in [0, 0.1) is 41.5 Å². The fourth-order valence-electron chi connectivity index (χ4n) is 9.35. The number of ether oxygens (including phenoxy) is 6. The van der Waals surface area contributed by atoms with Crippen LogP contribution in [0.1, 0.15) is 100 Å². The van der Waals surface area contributed by atoms with Crippen molar-refractivity contribution in [2.45, 2.75) is 80.1 Å². The van der Waals surface area contributed by atoms with Crippen molar-refractivity contribution in [1.82, 2.24) is 0 Å². The molecule has 14 aliphatic rings. The summed E-state index contributed by atoms with van der Waals surface area (Å²) in [6.07, 6.45) is 4.60. The predicted molar refractivity (Wildman–Crippen MR) is 222 cm³/mol. The van der Waals surface area contributed by atoms with Crippen LogP contribution in [0.5, 0.6) is 34.5 Å². The van der Waals surface area contributed by atoms with Crippen molar-refractivity contribution >= 4 is 0 Å². The molecule has 0 N–H and O–H groups in total. The molecule has 6 aromatic carbocycles. The van der Waals surface area contributed by atoms with Gasteiger partial charge in [-0.25, -0.2) is 0 Å². The minimum absolute atomic E-state index is 0.109. The van der Waals surface area contributed by atoms with Crippen LogP contribution in [0.3, 0.4) is 0 Å². The Morgan fingerprint density at radius 3 is 0.526 bits per heavy atom. The monoisotopic (exact) mass is 756 g/mol. The second kappa shape index (κ2) is 13.9. The highest BCUT2D eigenvalue weighted by Gasteiger charge is 2.23. The number of aryl methyl sites for hydroxylation is 6. The molecule has 0 aromatic heterocycles. The third-order valence-electron chi connectivity index (χ3n) is 12.6. The van der Waals surface area contributed by atoms with Crippen molar-refractivity contribution in [2.24, 2.45) is 0 Å². The Kier molecular flexibility index (Phi) is 8.69. The van der Waals surface area contributed by atoms with Gasteiger partial charge in [0.15, 0.2) is 0 Å². The zero-order valence-corrected chi connectivity index (χ0v) is 33.7. The highest BCUT2D eigenvalue weighted by molar-refractivity contribution is 5.57. The normalized spacial score (nSPS) is 15.1. The van der Waals surface area contributed by atoms with E-state index in [1.165, 1.54) is 66.8 Å². The van der Waals surface area contributed by atoms with E-state index < -0.39 is 0 Å². The van der Waals surface area contributed by atoms with E-state index in [9.17, 15) is 0 Å². The standard InChI is InChI=1S/C51H48O6/c1-28-7-34-13-41-20-48-31(4)9-36(41)15-42-22-49-30(3)8-35(42)14-40(34)19-46(28)52-25-53-47-21-43-16-38-11-32(5)50(55-26-54-48)24-45(38)18-39-12-33(6)51(57-27-56-49)23-44(39)17-37(43)10-29(47)2/h7-12,19-24H,13-18,25-27H2,1-6H3. The van der Waals surface area contributed by atoms with Crippen molar-refractivity contribution in [3.63, 3.8) is 0 Å². The molecule has 12 aliphatic heterocycles. The van der Waals surface area contributed by atoms with Crippen LogP contribution in [0.15, 0.2) is 72.8 Å². The van der Waals surface area contributed by atoms with Gasteiger partial charge < -0.3 is 28.4 Å². The average Bonchev–Trinajstić information content (AvgIpc) is 3.25. The maximum absolute atomic E-state index is 6.53. The van der Waals surface area contributed by atoms with Gasteiger partial charge in [-0.05, 0) is 217 Å². The molecule has 20 rings (SSSR count). The van der Waals surface area contributed by atoms with Crippen LogP contribution in [-0.4, -0.2) is 20.4 Å². The lowest BCUT2D eigenvalue weighted by atomic mass is 9.92. The van der Waals surface area contributed by atoms with E-state index in [1.807, 2.05) is 0 Å². The second-order valence-corrected chi connectivity index (χ2v) is 16.6. The molecule has 0 spiro atoms. The number of hydrogen-bond donors (Lipinski definition) is 0. The molecule has 6 nitrogen and oxygen atoms in total. The minimum atomic E-state index is 0.109. The zero-order valence-electron chi connectivity index (χ0n) is 33.7. The first-order valence-corrected chi connectivity index (χ1v) is 20.1. The van der Waals surface area contributed by atoms with Gasteiger partial charge in [-0.3, -0.25) is 0 Å². The van der Waals surface area contributed by atoms with Gasteiger partial charge in [0.2, 0.25) is 20.4 Å². The molecule has 57 heavy (non-hydrogen) atoms. The SMILES string of the molecule is Cc1cc2c3cc1OCOc1cc4c(cc1C)Cc1cc5c(C)cc1Cc1cc(c(C)cc1C4)OCOc1cc(c(cc1C)Cc1cc(c(C)cc1C3)OCO5)C2. The maximum Gasteiger partial charge on any atom is 0.230 e. The van der Waals surface area contributed by atoms with Crippen molar-refractivity contribution in [3.8, 4) is 34.5 Å². The summed E-state index contributed by atoms with van der Waals surface area (Å²) >= 11 is 0. The van der Waals surface area contributed by atoms with E-state index in [1.54, 1.807) is 0 Å². The summed E-state index contributed by atoms with van der Waals surface area (Å²) in [5.41, 5.74) is 21.5. The van der Waals surface area contributed by atoms with E-state index in [0.717, 1.165) is 106 Å². The molecule has 0 amide bonds. The lowest BCUT2D eigenvalue weighted by Gasteiger charge is -2.20. The highest BCUT2D eigenvalue weighted by atomic mass is 16.7. The number of rotatable bonds is 0. The van der Waals surface area contributed by atoms with Crippen LogP contribution < -0.4 is 28.4 Å². The number of hydrogen-bond acceptors (Lipinski definition) is 6. The lowest BCUT2D eigenvalue weighted by molar-refractivity contribution is 0.118. The molecule has 12 heterocycles. The Bertz CT molecular complexity index is 2170. The van der Waals surface area contributed by atoms with Gasteiger partial charge in [-0.2, -0.15) is 0 Å². The molecule has 18 bridgehead atoms. The molecule has 288 valence electrons. The molecule has 6 heteroatoms. The van der Waals surface area contributed by atoms with Crippen molar-refractivity contribution in [1.29, 1.82) is 0 Å². The molecule has 2 aliphatic carbocycles. The quantitative estimate of drug-likeness (QED) is 0.154. The van der Waals surface area contributed by atoms with Crippen LogP contribution in [0.2, 0.25) is 0 Å². The summed E-state index contributed by atoms with van der Waals surface area (Å²) in [5.74, 6) is 5.01. The Balaban J connectivity index is 1.22. The zero-order chi connectivity index (χ0) is 38.9. The van der Waals surface area contributed by atoms with Crippen LogP contribution in [-0.2, 0) is 38.5 Å². The van der Waals surface area contributed by atoms with E-state index in [2.05, 4.69) is 114 Å². The molecule has 0 atom stereocenters. The Morgan fingerprint density at radius 2 is 0.368 bits per heavy atom. The van der Waals surface area contributed by atoms with Gasteiger partial charge in [0.25, 0.3) is 0 Å². The Morgan fingerprint density at radius 1 is 0.228 bits per heavy atom. The smallest absolute Gasteiger partial charge is 0.230 e. The third kappa shape index (κ3) is 6.65. The van der Waals surface area contributed by atoms with Gasteiger partial charge in [0.05, 0.1) is 0 Å². The molecule has 0 unspecified atom stereocenters. The first-order chi connectivity index (χ1) is 27.6. The van der Waals surface area contributed by atoms with Gasteiger partial charge >= 0.3 is 0 Å². The predicted octanol–water partition coefficient (Wildman–Crippen LogP) is 10.6.